The van der Waals surface area contributed by atoms with E-state index in [4.69, 9.17) is 9.84 Å². The molecule has 1 aromatic carbocycles. The van der Waals surface area contributed by atoms with E-state index in [1.54, 1.807) is 24.3 Å². The number of carboxylic acid groups (broad SMARTS) is 1. The van der Waals surface area contributed by atoms with E-state index >= 15 is 0 Å². The molecule has 1 N–H and O–H groups in total. The third-order valence-electron chi connectivity index (χ3n) is 3.32. The third-order valence-corrected chi connectivity index (χ3v) is 3.32. The van der Waals surface area contributed by atoms with Crippen LogP contribution in [0.4, 0.5) is 0 Å². The Hall–Kier alpha value is -1.55. The van der Waals surface area contributed by atoms with Crippen molar-refractivity contribution in [3.63, 3.8) is 0 Å². The van der Waals surface area contributed by atoms with Gasteiger partial charge < -0.3 is 9.84 Å². The molecule has 18 heavy (non-hydrogen) atoms. The van der Waals surface area contributed by atoms with Crippen LogP contribution >= 0.6 is 0 Å². The predicted octanol–water partition coefficient (Wildman–Crippen LogP) is 2.25. The average Bonchev–Trinajstić information content (AvgIpc) is 2.78. The summed E-state index contributed by atoms with van der Waals surface area (Å²) in [5, 5.41) is 9.09. The van der Waals surface area contributed by atoms with Crippen LogP contribution in [0.2, 0.25) is 0 Å². The molecule has 4 heteroatoms. The standard InChI is InChI=1S/C14H19NO3/c1-10(2)15-8-7-11(9-15)18-13-6-4-3-5-12(13)14(16)17/h3-6,10-11H,7-9H2,1-2H3,(H,16,17). The molecule has 4 nitrogen and oxygen atoms in total. The Morgan fingerprint density at radius 2 is 2.17 bits per heavy atom. The van der Waals surface area contributed by atoms with Crippen molar-refractivity contribution in [3.8, 4) is 5.75 Å². The summed E-state index contributed by atoms with van der Waals surface area (Å²) >= 11 is 0. The number of benzene rings is 1. The summed E-state index contributed by atoms with van der Waals surface area (Å²) in [5.74, 6) is -0.468. The lowest BCUT2D eigenvalue weighted by atomic mass is 10.2. The summed E-state index contributed by atoms with van der Waals surface area (Å²) in [4.78, 5) is 13.4. The second-order valence-electron chi connectivity index (χ2n) is 4.92. The number of carbonyl (C=O) groups is 1. The van der Waals surface area contributed by atoms with E-state index in [0.717, 1.165) is 19.5 Å². The molecule has 0 bridgehead atoms. The van der Waals surface area contributed by atoms with Gasteiger partial charge in [0.05, 0.1) is 0 Å². The van der Waals surface area contributed by atoms with Gasteiger partial charge in [-0.15, -0.1) is 0 Å². The molecule has 1 fully saturated rings. The first kappa shape index (κ1) is 12.9. The molecule has 0 spiro atoms. The Labute approximate surface area is 107 Å². The molecule has 1 saturated heterocycles. The largest absolute Gasteiger partial charge is 0.488 e. The van der Waals surface area contributed by atoms with Crippen molar-refractivity contribution in [3.05, 3.63) is 29.8 Å². The fourth-order valence-electron chi connectivity index (χ4n) is 2.24. The van der Waals surface area contributed by atoms with Crippen molar-refractivity contribution in [2.75, 3.05) is 13.1 Å². The highest BCUT2D eigenvalue weighted by atomic mass is 16.5. The van der Waals surface area contributed by atoms with Crippen LogP contribution in [-0.2, 0) is 0 Å². The lowest BCUT2D eigenvalue weighted by Gasteiger charge is -2.20. The van der Waals surface area contributed by atoms with E-state index in [0.29, 0.717) is 11.8 Å². The molecule has 0 saturated carbocycles. The van der Waals surface area contributed by atoms with Gasteiger partial charge in [0.25, 0.3) is 0 Å². The van der Waals surface area contributed by atoms with Gasteiger partial charge in [-0.2, -0.15) is 0 Å². The molecular weight excluding hydrogens is 230 g/mol. The molecule has 1 aliphatic rings. The topological polar surface area (TPSA) is 49.8 Å². The van der Waals surface area contributed by atoms with Crippen molar-refractivity contribution in [2.45, 2.75) is 32.4 Å². The van der Waals surface area contributed by atoms with Crippen LogP contribution in [0.1, 0.15) is 30.6 Å². The zero-order chi connectivity index (χ0) is 13.1. The van der Waals surface area contributed by atoms with Crippen LogP contribution in [0.3, 0.4) is 0 Å². The zero-order valence-electron chi connectivity index (χ0n) is 10.8. The molecule has 0 amide bonds. The number of carboxylic acids is 1. The highest BCUT2D eigenvalue weighted by molar-refractivity contribution is 5.90. The van der Waals surface area contributed by atoms with Gasteiger partial charge in [-0.25, -0.2) is 4.79 Å². The molecule has 0 aliphatic carbocycles. The normalized spacial score (nSPS) is 20.3. The molecule has 2 rings (SSSR count). The maximum absolute atomic E-state index is 11.1. The van der Waals surface area contributed by atoms with E-state index in [1.165, 1.54) is 0 Å². The molecule has 1 unspecified atom stereocenters. The minimum Gasteiger partial charge on any atom is -0.488 e. The maximum atomic E-state index is 11.1. The Kier molecular flexibility index (Phi) is 3.87. The lowest BCUT2D eigenvalue weighted by Crippen LogP contribution is -2.30. The van der Waals surface area contributed by atoms with Gasteiger partial charge in [0.15, 0.2) is 0 Å². The summed E-state index contributed by atoms with van der Waals surface area (Å²) in [6, 6.07) is 7.32. The second kappa shape index (κ2) is 5.40. The van der Waals surface area contributed by atoms with Crippen molar-refractivity contribution in [1.29, 1.82) is 0 Å². The summed E-state index contributed by atoms with van der Waals surface area (Å²) in [6.07, 6.45) is 1.04. The fourth-order valence-corrected chi connectivity index (χ4v) is 2.24. The quantitative estimate of drug-likeness (QED) is 0.889. The van der Waals surface area contributed by atoms with Crippen molar-refractivity contribution >= 4 is 5.97 Å². The first-order valence-corrected chi connectivity index (χ1v) is 6.31. The van der Waals surface area contributed by atoms with Crippen LogP contribution in [0.25, 0.3) is 0 Å². The number of nitrogens with zero attached hydrogens (tertiary/aromatic N) is 1. The van der Waals surface area contributed by atoms with Gasteiger partial charge in [-0.3, -0.25) is 4.90 Å². The van der Waals surface area contributed by atoms with E-state index in [9.17, 15) is 4.79 Å². The second-order valence-corrected chi connectivity index (χ2v) is 4.92. The van der Waals surface area contributed by atoms with Crippen LogP contribution < -0.4 is 4.74 Å². The van der Waals surface area contributed by atoms with Crippen molar-refractivity contribution in [1.82, 2.24) is 4.90 Å². The molecule has 1 aromatic rings. The van der Waals surface area contributed by atoms with Crippen molar-refractivity contribution in [2.24, 2.45) is 0 Å². The Morgan fingerprint density at radius 3 is 2.78 bits per heavy atom. The number of rotatable bonds is 4. The lowest BCUT2D eigenvalue weighted by molar-refractivity contribution is 0.0689. The molecule has 1 heterocycles. The molecule has 1 aliphatic heterocycles. The van der Waals surface area contributed by atoms with Gasteiger partial charge >= 0.3 is 5.97 Å². The Balaban J connectivity index is 2.05. The summed E-state index contributed by atoms with van der Waals surface area (Å²) in [5.41, 5.74) is 0.237. The number of ether oxygens (including phenoxy) is 1. The molecule has 0 aromatic heterocycles. The minimum atomic E-state index is -0.940. The number of hydrogen-bond donors (Lipinski definition) is 1. The van der Waals surface area contributed by atoms with E-state index in [2.05, 4.69) is 18.7 Å². The first-order valence-electron chi connectivity index (χ1n) is 6.31. The number of likely N-dealkylation sites (tertiary alicyclic amines) is 1. The Bertz CT molecular complexity index is 431. The number of para-hydroxylation sites is 1. The molecule has 98 valence electrons. The minimum absolute atomic E-state index is 0.0906. The summed E-state index contributed by atoms with van der Waals surface area (Å²) < 4.78 is 5.83. The third kappa shape index (κ3) is 2.82. The highest BCUT2D eigenvalue weighted by Gasteiger charge is 2.26. The van der Waals surface area contributed by atoms with Crippen molar-refractivity contribution < 1.29 is 14.6 Å². The molecule has 0 radical (unpaired) electrons. The molecule has 1 atom stereocenters. The predicted molar refractivity (Wildman–Crippen MR) is 69.1 cm³/mol. The average molecular weight is 249 g/mol. The van der Waals surface area contributed by atoms with Gasteiger partial charge in [0.2, 0.25) is 0 Å². The van der Waals surface area contributed by atoms with E-state index in [1.807, 2.05) is 0 Å². The highest BCUT2D eigenvalue weighted by Crippen LogP contribution is 2.23. The van der Waals surface area contributed by atoms with Gasteiger partial charge in [0.1, 0.15) is 17.4 Å². The summed E-state index contributed by atoms with van der Waals surface area (Å²) in [7, 11) is 0. The van der Waals surface area contributed by atoms with E-state index < -0.39 is 5.97 Å². The van der Waals surface area contributed by atoms with Gasteiger partial charge in [-0.05, 0) is 32.4 Å². The number of aromatic carboxylic acids is 1. The number of hydrogen-bond acceptors (Lipinski definition) is 3. The van der Waals surface area contributed by atoms with Gasteiger partial charge in [-0.1, -0.05) is 12.1 Å². The molecular formula is C14H19NO3. The van der Waals surface area contributed by atoms with Crippen LogP contribution in [0.5, 0.6) is 5.75 Å². The SMILES string of the molecule is CC(C)N1CCC(Oc2ccccc2C(=O)O)C1. The van der Waals surface area contributed by atoms with Crippen LogP contribution in [0, 0.1) is 0 Å². The van der Waals surface area contributed by atoms with E-state index in [-0.39, 0.29) is 11.7 Å². The smallest absolute Gasteiger partial charge is 0.339 e. The van der Waals surface area contributed by atoms with Crippen LogP contribution in [0.15, 0.2) is 24.3 Å². The first-order chi connectivity index (χ1) is 8.58. The van der Waals surface area contributed by atoms with Crippen LogP contribution in [-0.4, -0.2) is 41.2 Å². The summed E-state index contributed by atoms with van der Waals surface area (Å²) in [6.45, 7) is 6.20. The fraction of sp³-hybridized carbons (Fsp3) is 0.500. The maximum Gasteiger partial charge on any atom is 0.339 e. The Morgan fingerprint density at radius 1 is 1.44 bits per heavy atom. The monoisotopic (exact) mass is 249 g/mol. The zero-order valence-corrected chi connectivity index (χ0v) is 10.8. The van der Waals surface area contributed by atoms with Gasteiger partial charge in [0, 0.05) is 19.1 Å².